The van der Waals surface area contributed by atoms with Crippen molar-refractivity contribution >= 4 is 15.9 Å². The van der Waals surface area contributed by atoms with Gasteiger partial charge in [0.1, 0.15) is 0 Å². The number of aliphatic hydroxyl groups excluding tert-OH is 1. The molecular weight excluding hydrogens is 218 g/mol. The van der Waals surface area contributed by atoms with E-state index in [4.69, 9.17) is 10.4 Å². The molecule has 0 heterocycles. The quantitative estimate of drug-likeness (QED) is 0.783. The zero-order valence-corrected chi connectivity index (χ0v) is 8.00. The van der Waals surface area contributed by atoms with Crippen LogP contribution in [-0.2, 0) is 11.9 Å². The number of aliphatic hydroxyl groups is 1. The maximum atomic E-state index is 8.94. The molecule has 0 bridgehead atoms. The van der Waals surface area contributed by atoms with Crippen LogP contribution in [0.15, 0.2) is 18.2 Å². The number of hydrogen-bond acceptors (Lipinski definition) is 2. The first-order valence-corrected chi connectivity index (χ1v) is 4.63. The predicted molar refractivity (Wildman–Crippen MR) is 49.7 cm³/mol. The first kappa shape index (κ1) is 9.24. The van der Waals surface area contributed by atoms with Crippen LogP contribution >= 0.6 is 15.9 Å². The average Bonchev–Trinajstić information content (AvgIpc) is 2.16. The zero-order valence-electron chi connectivity index (χ0n) is 6.42. The van der Waals surface area contributed by atoms with Crippen molar-refractivity contribution in [2.75, 3.05) is 0 Å². The summed E-state index contributed by atoms with van der Waals surface area (Å²) in [6.45, 7) is -0.0174. The molecule has 1 N–H and O–H groups in total. The van der Waals surface area contributed by atoms with E-state index in [0.29, 0.717) is 10.9 Å². The Bertz CT molecular complexity index is 317. The van der Waals surface area contributed by atoms with Crippen LogP contribution in [0.25, 0.3) is 0 Å². The summed E-state index contributed by atoms with van der Waals surface area (Å²) in [5, 5.41) is 18.3. The van der Waals surface area contributed by atoms with Gasteiger partial charge in [-0.15, -0.1) is 0 Å². The second-order valence-electron chi connectivity index (χ2n) is 2.35. The molecule has 3 heteroatoms. The summed E-state index contributed by atoms with van der Waals surface area (Å²) in [6, 6.07) is 7.42. The molecule has 0 saturated carbocycles. The fourth-order valence-electron chi connectivity index (χ4n) is 1.05. The third-order valence-corrected chi connectivity index (χ3v) is 2.26. The zero-order chi connectivity index (χ0) is 8.97. The molecule has 0 atom stereocenters. The lowest BCUT2D eigenvalue weighted by Gasteiger charge is -2.04. The molecule has 1 aromatic rings. The van der Waals surface area contributed by atoms with E-state index in [1.54, 1.807) is 12.1 Å². The van der Waals surface area contributed by atoms with E-state index < -0.39 is 0 Å². The first-order chi connectivity index (χ1) is 5.83. The summed E-state index contributed by atoms with van der Waals surface area (Å²) >= 11 is 3.28. The molecule has 0 amide bonds. The maximum absolute atomic E-state index is 8.94. The monoisotopic (exact) mass is 225 g/mol. The van der Waals surface area contributed by atoms with Crippen LogP contribution in [0.3, 0.4) is 0 Å². The van der Waals surface area contributed by atoms with E-state index >= 15 is 0 Å². The highest BCUT2D eigenvalue weighted by Gasteiger charge is 2.04. The van der Waals surface area contributed by atoms with Crippen LogP contribution in [0, 0.1) is 11.3 Å². The lowest BCUT2D eigenvalue weighted by atomic mass is 10.0. The highest BCUT2D eigenvalue weighted by Crippen LogP contribution is 2.17. The van der Waals surface area contributed by atoms with Crippen molar-refractivity contribution in [3.63, 3.8) is 0 Å². The lowest BCUT2D eigenvalue weighted by Crippen LogP contribution is -1.94. The molecule has 0 saturated heterocycles. The van der Waals surface area contributed by atoms with Gasteiger partial charge in [0.15, 0.2) is 0 Å². The molecule has 0 aromatic heterocycles. The molecule has 0 radical (unpaired) electrons. The predicted octanol–water partition coefficient (Wildman–Crippen LogP) is 1.95. The molecule has 2 nitrogen and oxygen atoms in total. The van der Waals surface area contributed by atoms with Crippen molar-refractivity contribution in [1.82, 2.24) is 0 Å². The highest BCUT2D eigenvalue weighted by molar-refractivity contribution is 9.08. The van der Waals surface area contributed by atoms with Crippen LogP contribution in [0.2, 0.25) is 0 Å². The molecule has 1 rings (SSSR count). The normalized spacial score (nSPS) is 9.42. The number of nitriles is 1. The Morgan fingerprint density at radius 3 is 2.75 bits per heavy atom. The fraction of sp³-hybridized carbons (Fsp3) is 0.222. The number of nitrogens with zero attached hydrogens (tertiary/aromatic N) is 1. The van der Waals surface area contributed by atoms with E-state index in [-0.39, 0.29) is 6.61 Å². The van der Waals surface area contributed by atoms with Gasteiger partial charge in [0.25, 0.3) is 0 Å². The third kappa shape index (κ3) is 1.66. The van der Waals surface area contributed by atoms with Gasteiger partial charge in [-0.05, 0) is 17.2 Å². The Labute approximate surface area is 79.6 Å². The summed E-state index contributed by atoms with van der Waals surface area (Å²) in [4.78, 5) is 0. The molecule has 0 aliphatic heterocycles. The lowest BCUT2D eigenvalue weighted by molar-refractivity contribution is 0.281. The minimum absolute atomic E-state index is 0.0174. The van der Waals surface area contributed by atoms with E-state index in [0.717, 1.165) is 11.1 Å². The summed E-state index contributed by atoms with van der Waals surface area (Å²) < 4.78 is 0. The topological polar surface area (TPSA) is 44.0 Å². The smallest absolute Gasteiger partial charge is 0.0994 e. The van der Waals surface area contributed by atoms with Crippen LogP contribution in [-0.4, -0.2) is 5.11 Å². The number of halogens is 1. The largest absolute Gasteiger partial charge is 0.392 e. The molecule has 0 aliphatic rings. The van der Waals surface area contributed by atoms with Gasteiger partial charge in [-0.25, -0.2) is 0 Å². The summed E-state index contributed by atoms with van der Waals surface area (Å²) in [5.41, 5.74) is 2.31. The van der Waals surface area contributed by atoms with Gasteiger partial charge in [-0.2, -0.15) is 5.26 Å². The van der Waals surface area contributed by atoms with Crippen molar-refractivity contribution in [3.05, 3.63) is 34.9 Å². The number of alkyl halides is 1. The number of hydrogen-bond donors (Lipinski definition) is 1. The van der Waals surface area contributed by atoms with Crippen LogP contribution in [0.1, 0.15) is 16.7 Å². The fourth-order valence-corrected chi connectivity index (χ4v) is 1.71. The molecular formula is C9H8BrNO. The van der Waals surface area contributed by atoms with Crippen LogP contribution in [0.4, 0.5) is 0 Å². The number of rotatable bonds is 2. The summed E-state index contributed by atoms with van der Waals surface area (Å²) in [7, 11) is 0. The SMILES string of the molecule is N#Cc1cccc(CO)c1CBr. The molecule has 0 unspecified atom stereocenters. The van der Waals surface area contributed by atoms with Gasteiger partial charge in [-0.1, -0.05) is 28.1 Å². The Hall–Kier alpha value is -0.850. The van der Waals surface area contributed by atoms with Crippen molar-refractivity contribution < 1.29 is 5.11 Å². The third-order valence-electron chi connectivity index (χ3n) is 1.70. The molecule has 0 aliphatic carbocycles. The van der Waals surface area contributed by atoms with Gasteiger partial charge < -0.3 is 5.11 Å². The van der Waals surface area contributed by atoms with Gasteiger partial charge in [0.2, 0.25) is 0 Å². The second kappa shape index (κ2) is 4.24. The highest BCUT2D eigenvalue weighted by atomic mass is 79.9. The Balaban J connectivity index is 3.24. The van der Waals surface area contributed by atoms with E-state index in [1.807, 2.05) is 6.07 Å². The first-order valence-electron chi connectivity index (χ1n) is 3.51. The van der Waals surface area contributed by atoms with Gasteiger partial charge in [0, 0.05) is 5.33 Å². The van der Waals surface area contributed by atoms with Crippen molar-refractivity contribution in [3.8, 4) is 6.07 Å². The van der Waals surface area contributed by atoms with E-state index in [9.17, 15) is 0 Å². The van der Waals surface area contributed by atoms with Crippen molar-refractivity contribution in [2.45, 2.75) is 11.9 Å². The minimum Gasteiger partial charge on any atom is -0.392 e. The molecule has 0 fully saturated rings. The van der Waals surface area contributed by atoms with Gasteiger partial charge in [0.05, 0.1) is 18.2 Å². The Morgan fingerprint density at radius 2 is 2.25 bits per heavy atom. The molecule has 62 valence electrons. The van der Waals surface area contributed by atoms with Crippen molar-refractivity contribution in [1.29, 1.82) is 5.26 Å². The van der Waals surface area contributed by atoms with Gasteiger partial charge >= 0.3 is 0 Å². The summed E-state index contributed by atoms with van der Waals surface area (Å²) in [6.07, 6.45) is 0. The minimum atomic E-state index is -0.0174. The van der Waals surface area contributed by atoms with Crippen LogP contribution < -0.4 is 0 Å². The standard InChI is InChI=1S/C9H8BrNO/c10-4-9-7(5-11)2-1-3-8(9)6-12/h1-3,12H,4,6H2. The summed E-state index contributed by atoms with van der Waals surface area (Å²) in [5.74, 6) is 0. The second-order valence-corrected chi connectivity index (χ2v) is 2.91. The molecule has 12 heavy (non-hydrogen) atoms. The van der Waals surface area contributed by atoms with Crippen molar-refractivity contribution in [2.24, 2.45) is 0 Å². The van der Waals surface area contributed by atoms with E-state index in [2.05, 4.69) is 22.0 Å². The molecule has 0 spiro atoms. The van der Waals surface area contributed by atoms with Crippen LogP contribution in [0.5, 0.6) is 0 Å². The maximum Gasteiger partial charge on any atom is 0.0994 e. The van der Waals surface area contributed by atoms with E-state index in [1.165, 1.54) is 0 Å². The Kier molecular flexibility index (Phi) is 3.27. The average molecular weight is 226 g/mol. The molecule has 1 aromatic carbocycles. The Morgan fingerprint density at radius 1 is 1.50 bits per heavy atom. The van der Waals surface area contributed by atoms with Gasteiger partial charge in [-0.3, -0.25) is 0 Å². The number of benzene rings is 1.